The standard InChI is InChI=1S/C13H23N3S/c1-5-12-6-14-13(3,4)9-16(12)7-11-8-17-10(2)15-11/h8,12,14H,5-7,9H2,1-4H3. The zero-order valence-electron chi connectivity index (χ0n) is 11.3. The molecule has 0 spiro atoms. The molecule has 1 saturated heterocycles. The smallest absolute Gasteiger partial charge is 0.0897 e. The van der Waals surface area contributed by atoms with Gasteiger partial charge in [0, 0.05) is 36.6 Å². The van der Waals surface area contributed by atoms with Crippen LogP contribution < -0.4 is 5.32 Å². The number of nitrogens with one attached hydrogen (secondary N) is 1. The summed E-state index contributed by atoms with van der Waals surface area (Å²) in [4.78, 5) is 7.15. The Morgan fingerprint density at radius 2 is 2.35 bits per heavy atom. The van der Waals surface area contributed by atoms with E-state index in [-0.39, 0.29) is 5.54 Å². The second-order valence-corrected chi connectivity index (χ2v) is 6.65. The molecule has 17 heavy (non-hydrogen) atoms. The van der Waals surface area contributed by atoms with Gasteiger partial charge in [0.05, 0.1) is 10.7 Å². The third kappa shape index (κ3) is 3.27. The lowest BCUT2D eigenvalue weighted by Gasteiger charge is -2.44. The van der Waals surface area contributed by atoms with E-state index in [1.165, 1.54) is 17.1 Å². The van der Waals surface area contributed by atoms with Crippen molar-refractivity contribution in [2.45, 2.75) is 52.2 Å². The molecule has 96 valence electrons. The van der Waals surface area contributed by atoms with Gasteiger partial charge < -0.3 is 5.32 Å². The summed E-state index contributed by atoms with van der Waals surface area (Å²) < 4.78 is 0. The second-order valence-electron chi connectivity index (χ2n) is 5.59. The summed E-state index contributed by atoms with van der Waals surface area (Å²) in [7, 11) is 0. The maximum atomic E-state index is 4.58. The minimum Gasteiger partial charge on any atom is -0.309 e. The van der Waals surface area contributed by atoms with Gasteiger partial charge in [-0.25, -0.2) is 4.98 Å². The average Bonchev–Trinajstić information content (AvgIpc) is 2.63. The topological polar surface area (TPSA) is 28.2 Å². The molecule has 3 nitrogen and oxygen atoms in total. The number of nitrogens with zero attached hydrogens (tertiary/aromatic N) is 2. The maximum Gasteiger partial charge on any atom is 0.0897 e. The SMILES string of the molecule is CCC1CNC(C)(C)CN1Cc1csc(C)n1. The van der Waals surface area contributed by atoms with Gasteiger partial charge in [-0.1, -0.05) is 6.92 Å². The molecule has 1 unspecified atom stereocenters. The molecule has 0 radical (unpaired) electrons. The largest absolute Gasteiger partial charge is 0.309 e. The zero-order chi connectivity index (χ0) is 12.5. The molecule has 1 aliphatic heterocycles. The summed E-state index contributed by atoms with van der Waals surface area (Å²) >= 11 is 1.75. The van der Waals surface area contributed by atoms with Crippen molar-refractivity contribution in [1.29, 1.82) is 0 Å². The Kier molecular flexibility index (Phi) is 3.85. The van der Waals surface area contributed by atoms with Crippen LogP contribution in [0.3, 0.4) is 0 Å². The van der Waals surface area contributed by atoms with E-state index in [1.54, 1.807) is 11.3 Å². The number of piperazine rings is 1. The molecule has 4 heteroatoms. The van der Waals surface area contributed by atoms with E-state index in [0.717, 1.165) is 19.6 Å². The van der Waals surface area contributed by atoms with Crippen LogP contribution in [0.2, 0.25) is 0 Å². The fraction of sp³-hybridized carbons (Fsp3) is 0.769. The maximum absolute atomic E-state index is 4.58. The van der Waals surface area contributed by atoms with E-state index in [0.29, 0.717) is 6.04 Å². The van der Waals surface area contributed by atoms with Crippen molar-refractivity contribution in [2.75, 3.05) is 13.1 Å². The fourth-order valence-corrected chi connectivity index (χ4v) is 3.10. The summed E-state index contributed by atoms with van der Waals surface area (Å²) in [6.07, 6.45) is 1.20. The summed E-state index contributed by atoms with van der Waals surface area (Å²) in [5, 5.41) is 6.98. The molecule has 2 heterocycles. The van der Waals surface area contributed by atoms with Crippen LogP contribution in [0.4, 0.5) is 0 Å². The molecule has 0 aromatic carbocycles. The predicted molar refractivity (Wildman–Crippen MR) is 73.4 cm³/mol. The molecule has 1 aliphatic rings. The van der Waals surface area contributed by atoms with Crippen LogP contribution >= 0.6 is 11.3 Å². The van der Waals surface area contributed by atoms with E-state index in [2.05, 4.69) is 48.3 Å². The molecule has 1 atom stereocenters. The highest BCUT2D eigenvalue weighted by molar-refractivity contribution is 7.09. The van der Waals surface area contributed by atoms with Crippen LogP contribution in [0, 0.1) is 6.92 Å². The van der Waals surface area contributed by atoms with Gasteiger partial charge in [0.2, 0.25) is 0 Å². The summed E-state index contributed by atoms with van der Waals surface area (Å²) in [5.41, 5.74) is 1.44. The van der Waals surface area contributed by atoms with Gasteiger partial charge in [-0.3, -0.25) is 4.90 Å². The molecule has 0 amide bonds. The van der Waals surface area contributed by atoms with Crippen LogP contribution in [-0.2, 0) is 6.54 Å². The fourth-order valence-electron chi connectivity index (χ4n) is 2.49. The first-order valence-electron chi connectivity index (χ1n) is 6.40. The number of aromatic nitrogens is 1. The van der Waals surface area contributed by atoms with Gasteiger partial charge in [-0.15, -0.1) is 11.3 Å². The quantitative estimate of drug-likeness (QED) is 0.896. The highest BCUT2D eigenvalue weighted by Crippen LogP contribution is 2.20. The van der Waals surface area contributed by atoms with Crippen molar-refractivity contribution in [2.24, 2.45) is 0 Å². The average molecular weight is 253 g/mol. The van der Waals surface area contributed by atoms with Crippen molar-refractivity contribution in [3.63, 3.8) is 0 Å². The van der Waals surface area contributed by atoms with Gasteiger partial charge >= 0.3 is 0 Å². The van der Waals surface area contributed by atoms with Crippen LogP contribution in [0.5, 0.6) is 0 Å². The van der Waals surface area contributed by atoms with E-state index in [9.17, 15) is 0 Å². The zero-order valence-corrected chi connectivity index (χ0v) is 12.1. The van der Waals surface area contributed by atoms with Gasteiger partial charge in [0.15, 0.2) is 0 Å². The molecule has 0 bridgehead atoms. The molecule has 1 aromatic heterocycles. The second kappa shape index (κ2) is 5.04. The van der Waals surface area contributed by atoms with Crippen LogP contribution in [0.15, 0.2) is 5.38 Å². The Morgan fingerprint density at radius 1 is 1.59 bits per heavy atom. The van der Waals surface area contributed by atoms with Crippen molar-refractivity contribution in [3.05, 3.63) is 16.1 Å². The molecular formula is C13H23N3S. The first kappa shape index (κ1) is 13.0. The van der Waals surface area contributed by atoms with Gasteiger partial charge in [0.25, 0.3) is 0 Å². The van der Waals surface area contributed by atoms with Crippen LogP contribution in [0.25, 0.3) is 0 Å². The Bertz CT molecular complexity index is 372. The lowest BCUT2D eigenvalue weighted by molar-refractivity contribution is 0.0848. The first-order valence-corrected chi connectivity index (χ1v) is 7.28. The molecule has 0 aliphatic carbocycles. The summed E-state index contributed by atoms with van der Waals surface area (Å²) in [6.45, 7) is 12.1. The Hall–Kier alpha value is -0.450. The number of aryl methyl sites for hydroxylation is 1. The first-order chi connectivity index (χ1) is 8.00. The number of thiazole rings is 1. The van der Waals surface area contributed by atoms with Crippen molar-refractivity contribution in [1.82, 2.24) is 15.2 Å². The van der Waals surface area contributed by atoms with Gasteiger partial charge in [0.1, 0.15) is 0 Å². The molecule has 1 fully saturated rings. The van der Waals surface area contributed by atoms with E-state index in [4.69, 9.17) is 0 Å². The normalized spacial score (nSPS) is 25.1. The number of rotatable bonds is 3. The Balaban J connectivity index is 2.05. The molecule has 1 aromatic rings. The Morgan fingerprint density at radius 3 is 2.94 bits per heavy atom. The van der Waals surface area contributed by atoms with Gasteiger partial charge in [-0.2, -0.15) is 0 Å². The van der Waals surface area contributed by atoms with Crippen molar-refractivity contribution >= 4 is 11.3 Å². The lowest BCUT2D eigenvalue weighted by atomic mass is 9.97. The highest BCUT2D eigenvalue weighted by atomic mass is 32.1. The highest BCUT2D eigenvalue weighted by Gasteiger charge is 2.31. The van der Waals surface area contributed by atoms with E-state index >= 15 is 0 Å². The van der Waals surface area contributed by atoms with Gasteiger partial charge in [-0.05, 0) is 27.2 Å². The minimum atomic E-state index is 0.219. The Labute approximate surface area is 108 Å². The summed E-state index contributed by atoms with van der Waals surface area (Å²) in [6, 6.07) is 0.644. The van der Waals surface area contributed by atoms with E-state index < -0.39 is 0 Å². The van der Waals surface area contributed by atoms with Crippen LogP contribution in [-0.4, -0.2) is 34.6 Å². The third-order valence-electron chi connectivity index (χ3n) is 3.43. The lowest BCUT2D eigenvalue weighted by Crippen LogP contribution is -2.61. The van der Waals surface area contributed by atoms with Crippen molar-refractivity contribution in [3.8, 4) is 0 Å². The molecular weight excluding hydrogens is 230 g/mol. The summed E-state index contributed by atoms with van der Waals surface area (Å²) in [5.74, 6) is 0. The molecule has 0 saturated carbocycles. The number of hydrogen-bond donors (Lipinski definition) is 1. The number of hydrogen-bond acceptors (Lipinski definition) is 4. The van der Waals surface area contributed by atoms with Crippen LogP contribution in [0.1, 0.15) is 37.9 Å². The minimum absolute atomic E-state index is 0.219. The van der Waals surface area contributed by atoms with E-state index in [1.807, 2.05) is 0 Å². The predicted octanol–water partition coefficient (Wildman–Crippen LogP) is 2.41. The molecule has 2 rings (SSSR count). The monoisotopic (exact) mass is 253 g/mol. The third-order valence-corrected chi connectivity index (χ3v) is 4.26. The molecule has 1 N–H and O–H groups in total. The van der Waals surface area contributed by atoms with Crippen molar-refractivity contribution < 1.29 is 0 Å².